The molecular weight excluding hydrogens is 434 g/mol. The summed E-state index contributed by atoms with van der Waals surface area (Å²) in [5.74, 6) is 0.240. The quantitative estimate of drug-likeness (QED) is 0.668. The summed E-state index contributed by atoms with van der Waals surface area (Å²) in [6.07, 6.45) is 0. The lowest BCUT2D eigenvalue weighted by atomic mass is 9.90. The lowest BCUT2D eigenvalue weighted by molar-refractivity contribution is -0.133. The standard InChI is InChI=1S/C23H24ClN3O5/c1-13(2)14-4-6-15(7-5-14)23(3)21(29)27(22(30)26-23)12-20(28)25-17-11-19-18(10-16(17)24)31-8-9-32-19/h4-7,10-11,13H,8-9,12H2,1-3H3,(H,25,28)(H,26,30). The zero-order chi connectivity index (χ0) is 23.0. The van der Waals surface area contributed by atoms with E-state index in [1.165, 1.54) is 0 Å². The molecular formula is C23H24ClN3O5. The van der Waals surface area contributed by atoms with Gasteiger partial charge in [-0.1, -0.05) is 49.7 Å². The Bertz CT molecular complexity index is 1090. The second-order valence-corrected chi connectivity index (χ2v) is 8.65. The molecule has 0 aromatic heterocycles. The highest BCUT2D eigenvalue weighted by atomic mass is 35.5. The fourth-order valence-corrected chi connectivity index (χ4v) is 3.93. The number of nitrogens with zero attached hydrogens (tertiary/aromatic N) is 1. The number of anilines is 1. The van der Waals surface area contributed by atoms with Crippen LogP contribution in [0.15, 0.2) is 36.4 Å². The van der Waals surface area contributed by atoms with Crippen LogP contribution >= 0.6 is 11.6 Å². The summed E-state index contributed by atoms with van der Waals surface area (Å²) in [5.41, 5.74) is 0.835. The minimum atomic E-state index is -1.25. The first kappa shape index (κ1) is 22.0. The third-order valence-corrected chi connectivity index (χ3v) is 5.95. The molecule has 0 bridgehead atoms. The highest BCUT2D eigenvalue weighted by Gasteiger charge is 2.49. The molecule has 9 heteroatoms. The number of urea groups is 1. The first-order chi connectivity index (χ1) is 15.2. The molecule has 0 spiro atoms. The molecule has 8 nitrogen and oxygen atoms in total. The molecule has 2 aromatic carbocycles. The van der Waals surface area contributed by atoms with E-state index in [9.17, 15) is 14.4 Å². The second kappa shape index (κ2) is 8.35. The maximum atomic E-state index is 13.1. The number of carbonyl (C=O) groups is 3. The van der Waals surface area contributed by atoms with Crippen molar-refractivity contribution >= 4 is 35.1 Å². The normalized spacial score (nSPS) is 19.8. The molecule has 2 N–H and O–H groups in total. The summed E-state index contributed by atoms with van der Waals surface area (Å²) >= 11 is 6.23. The van der Waals surface area contributed by atoms with E-state index in [1.54, 1.807) is 19.1 Å². The Labute approximate surface area is 190 Å². The molecule has 1 unspecified atom stereocenters. The summed E-state index contributed by atoms with van der Waals surface area (Å²) in [6.45, 7) is 6.14. The first-order valence-corrected chi connectivity index (χ1v) is 10.7. The topological polar surface area (TPSA) is 97.0 Å². The van der Waals surface area contributed by atoms with Crippen molar-refractivity contribution in [3.05, 3.63) is 52.5 Å². The highest BCUT2D eigenvalue weighted by molar-refractivity contribution is 6.34. The van der Waals surface area contributed by atoms with E-state index in [0.29, 0.717) is 41.9 Å². The van der Waals surface area contributed by atoms with E-state index in [4.69, 9.17) is 21.1 Å². The van der Waals surface area contributed by atoms with Gasteiger partial charge in [0.2, 0.25) is 5.91 Å². The molecule has 2 heterocycles. The molecule has 32 heavy (non-hydrogen) atoms. The van der Waals surface area contributed by atoms with Crippen LogP contribution in [-0.4, -0.2) is 42.5 Å². The van der Waals surface area contributed by atoms with Gasteiger partial charge in [0.1, 0.15) is 25.3 Å². The van der Waals surface area contributed by atoms with Crippen molar-refractivity contribution in [3.63, 3.8) is 0 Å². The third kappa shape index (κ3) is 3.98. The van der Waals surface area contributed by atoms with Crippen molar-refractivity contribution in [1.82, 2.24) is 10.2 Å². The van der Waals surface area contributed by atoms with Crippen LogP contribution in [0.25, 0.3) is 0 Å². The molecule has 1 saturated heterocycles. The number of hydrogen-bond donors (Lipinski definition) is 2. The van der Waals surface area contributed by atoms with Crippen LogP contribution in [0.1, 0.15) is 37.8 Å². The van der Waals surface area contributed by atoms with Crippen molar-refractivity contribution in [2.75, 3.05) is 25.1 Å². The molecule has 2 aromatic rings. The van der Waals surface area contributed by atoms with Crippen LogP contribution in [0.3, 0.4) is 0 Å². The number of halogens is 1. The van der Waals surface area contributed by atoms with Gasteiger partial charge in [0.05, 0.1) is 10.7 Å². The summed E-state index contributed by atoms with van der Waals surface area (Å²) in [4.78, 5) is 39.2. The number of ether oxygens (including phenoxy) is 2. The monoisotopic (exact) mass is 457 g/mol. The van der Waals surface area contributed by atoms with E-state index in [1.807, 2.05) is 24.3 Å². The first-order valence-electron chi connectivity index (χ1n) is 10.3. The summed E-state index contributed by atoms with van der Waals surface area (Å²) in [7, 11) is 0. The largest absolute Gasteiger partial charge is 0.486 e. The predicted molar refractivity (Wildman–Crippen MR) is 119 cm³/mol. The van der Waals surface area contributed by atoms with E-state index in [2.05, 4.69) is 24.5 Å². The Morgan fingerprint density at radius 3 is 2.41 bits per heavy atom. The number of fused-ring (bicyclic) bond motifs is 1. The number of carbonyl (C=O) groups excluding carboxylic acids is 3. The van der Waals surface area contributed by atoms with Crippen molar-refractivity contribution in [1.29, 1.82) is 0 Å². The van der Waals surface area contributed by atoms with Gasteiger partial charge < -0.3 is 20.1 Å². The van der Waals surface area contributed by atoms with Gasteiger partial charge in [-0.05, 0) is 24.0 Å². The third-order valence-electron chi connectivity index (χ3n) is 5.64. The van der Waals surface area contributed by atoms with Crippen LogP contribution in [0.2, 0.25) is 5.02 Å². The maximum absolute atomic E-state index is 13.1. The van der Waals surface area contributed by atoms with E-state index in [0.717, 1.165) is 10.5 Å². The van der Waals surface area contributed by atoms with Gasteiger partial charge >= 0.3 is 6.03 Å². The van der Waals surface area contributed by atoms with Crippen molar-refractivity contribution in [2.24, 2.45) is 0 Å². The molecule has 0 saturated carbocycles. The average Bonchev–Trinajstić information content (AvgIpc) is 2.98. The smallest absolute Gasteiger partial charge is 0.325 e. The van der Waals surface area contributed by atoms with Gasteiger partial charge in [0, 0.05) is 12.1 Å². The van der Waals surface area contributed by atoms with Gasteiger partial charge in [0.15, 0.2) is 11.5 Å². The molecule has 2 aliphatic heterocycles. The second-order valence-electron chi connectivity index (χ2n) is 8.25. The molecule has 4 amide bonds. The van der Waals surface area contributed by atoms with Gasteiger partial charge in [-0.2, -0.15) is 0 Å². The predicted octanol–water partition coefficient (Wildman–Crippen LogP) is 3.64. The number of nitrogens with one attached hydrogen (secondary N) is 2. The summed E-state index contributed by atoms with van der Waals surface area (Å²) < 4.78 is 11.0. The van der Waals surface area contributed by atoms with Crippen molar-refractivity contribution < 1.29 is 23.9 Å². The zero-order valence-corrected chi connectivity index (χ0v) is 18.8. The minimum Gasteiger partial charge on any atom is -0.486 e. The number of benzene rings is 2. The molecule has 0 radical (unpaired) electrons. The van der Waals surface area contributed by atoms with Crippen LogP contribution in [0.5, 0.6) is 11.5 Å². The lowest BCUT2D eigenvalue weighted by Gasteiger charge is -2.23. The van der Waals surface area contributed by atoms with Crippen LogP contribution < -0.4 is 20.1 Å². The Hall–Kier alpha value is -3.26. The van der Waals surface area contributed by atoms with Crippen LogP contribution in [-0.2, 0) is 15.1 Å². The number of amides is 4. The fraction of sp³-hybridized carbons (Fsp3) is 0.348. The zero-order valence-electron chi connectivity index (χ0n) is 18.0. The number of rotatable bonds is 5. The molecule has 1 atom stereocenters. The van der Waals surface area contributed by atoms with Crippen LogP contribution in [0, 0.1) is 0 Å². The molecule has 168 valence electrons. The van der Waals surface area contributed by atoms with Crippen LogP contribution in [0.4, 0.5) is 10.5 Å². The van der Waals surface area contributed by atoms with Gasteiger partial charge in [-0.3, -0.25) is 14.5 Å². The van der Waals surface area contributed by atoms with Crippen molar-refractivity contribution in [3.8, 4) is 11.5 Å². The average molecular weight is 458 g/mol. The SMILES string of the molecule is CC(C)c1ccc(C2(C)NC(=O)N(CC(=O)Nc3cc4c(cc3Cl)OCCO4)C2=O)cc1. The van der Waals surface area contributed by atoms with Gasteiger partial charge in [-0.15, -0.1) is 0 Å². The summed E-state index contributed by atoms with van der Waals surface area (Å²) in [6, 6.07) is 10.00. The maximum Gasteiger partial charge on any atom is 0.325 e. The Morgan fingerprint density at radius 1 is 1.16 bits per heavy atom. The Kier molecular flexibility index (Phi) is 5.73. The molecule has 1 fully saturated rings. The molecule has 4 rings (SSSR count). The summed E-state index contributed by atoms with van der Waals surface area (Å²) in [5, 5.41) is 5.61. The fourth-order valence-electron chi connectivity index (χ4n) is 3.73. The number of imide groups is 1. The van der Waals surface area contributed by atoms with E-state index >= 15 is 0 Å². The highest BCUT2D eigenvalue weighted by Crippen LogP contribution is 2.38. The Balaban J connectivity index is 1.48. The number of hydrogen-bond acceptors (Lipinski definition) is 5. The molecule has 0 aliphatic carbocycles. The van der Waals surface area contributed by atoms with Crippen molar-refractivity contribution in [2.45, 2.75) is 32.2 Å². The van der Waals surface area contributed by atoms with Gasteiger partial charge in [0.25, 0.3) is 5.91 Å². The minimum absolute atomic E-state index is 0.259. The van der Waals surface area contributed by atoms with E-state index < -0.39 is 29.9 Å². The lowest BCUT2D eigenvalue weighted by Crippen LogP contribution is -2.42. The van der Waals surface area contributed by atoms with E-state index in [-0.39, 0.29) is 5.02 Å². The Morgan fingerprint density at radius 2 is 1.78 bits per heavy atom. The molecule has 2 aliphatic rings. The van der Waals surface area contributed by atoms with Gasteiger partial charge in [-0.25, -0.2) is 4.79 Å².